The lowest BCUT2D eigenvalue weighted by Gasteiger charge is -2.13. The number of alkyl halides is 6. The highest BCUT2D eigenvalue weighted by molar-refractivity contribution is 5.52. The van der Waals surface area contributed by atoms with Crippen molar-refractivity contribution in [3.8, 4) is 0 Å². The van der Waals surface area contributed by atoms with E-state index in [9.17, 15) is 26.3 Å². The fraction of sp³-hybridized carbons (Fsp3) is 0.250. The van der Waals surface area contributed by atoms with Crippen molar-refractivity contribution in [1.82, 2.24) is 10.2 Å². The Hall–Kier alpha value is -2.19. The van der Waals surface area contributed by atoms with Crippen molar-refractivity contribution in [3.63, 3.8) is 0 Å². The van der Waals surface area contributed by atoms with E-state index in [0.717, 1.165) is 12.1 Å². The Balaban J connectivity index is 2.12. The summed E-state index contributed by atoms with van der Waals surface area (Å²) in [6.07, 6.45) is -9.15. The van der Waals surface area contributed by atoms with Gasteiger partial charge in [0, 0.05) is 5.69 Å². The Bertz CT molecular complexity index is 614. The minimum absolute atomic E-state index is 0.0271. The molecule has 0 unspecified atom stereocenters. The Morgan fingerprint density at radius 3 is 2.24 bits per heavy atom. The van der Waals surface area contributed by atoms with E-state index in [1.807, 2.05) is 0 Å². The predicted octanol–water partition coefficient (Wildman–Crippen LogP) is 4.06. The van der Waals surface area contributed by atoms with Crippen molar-refractivity contribution in [2.75, 3.05) is 5.32 Å². The number of rotatable bonds is 3. The Labute approximate surface area is 115 Å². The standard InChI is InChI=1S/C12H9F6N3/c13-11(14,15)8-3-1-2-4-9(8)19-6-7-5-10(21-20-7)12(16,17)18/h1-5,19H,6H2,(H,20,21). The summed E-state index contributed by atoms with van der Waals surface area (Å²) in [7, 11) is 0. The van der Waals surface area contributed by atoms with Crippen LogP contribution in [0.5, 0.6) is 0 Å². The molecular formula is C12H9F6N3. The largest absolute Gasteiger partial charge is 0.435 e. The SMILES string of the molecule is FC(F)(F)c1cc(CNc2ccccc2C(F)(F)F)[nH]n1. The van der Waals surface area contributed by atoms with Crippen LogP contribution in [0.25, 0.3) is 0 Å². The summed E-state index contributed by atoms with van der Waals surface area (Å²) in [5.41, 5.74) is -2.20. The van der Waals surface area contributed by atoms with Crippen LogP contribution in [0.1, 0.15) is 17.0 Å². The van der Waals surface area contributed by atoms with Gasteiger partial charge in [-0.2, -0.15) is 31.4 Å². The number of aromatic nitrogens is 2. The molecule has 0 aliphatic rings. The minimum Gasteiger partial charge on any atom is -0.379 e. The quantitative estimate of drug-likeness (QED) is 0.840. The van der Waals surface area contributed by atoms with Crippen LogP contribution in [0.4, 0.5) is 32.0 Å². The van der Waals surface area contributed by atoms with E-state index < -0.39 is 23.6 Å². The van der Waals surface area contributed by atoms with Crippen molar-refractivity contribution >= 4 is 5.69 Å². The summed E-state index contributed by atoms with van der Waals surface area (Å²) in [6, 6.07) is 5.45. The maximum atomic E-state index is 12.7. The second-order valence-electron chi connectivity index (χ2n) is 4.17. The van der Waals surface area contributed by atoms with E-state index in [2.05, 4.69) is 15.5 Å². The minimum atomic E-state index is -4.60. The van der Waals surface area contributed by atoms with Crippen molar-refractivity contribution in [2.24, 2.45) is 0 Å². The van der Waals surface area contributed by atoms with E-state index in [-0.39, 0.29) is 17.9 Å². The summed E-state index contributed by atoms with van der Waals surface area (Å²) in [5.74, 6) is 0. The van der Waals surface area contributed by atoms with Gasteiger partial charge in [0.15, 0.2) is 5.69 Å². The van der Waals surface area contributed by atoms with E-state index in [4.69, 9.17) is 0 Å². The Morgan fingerprint density at radius 1 is 1.00 bits per heavy atom. The molecule has 0 amide bonds. The number of nitrogens with zero attached hydrogens (tertiary/aromatic N) is 1. The maximum absolute atomic E-state index is 12.7. The third-order valence-electron chi connectivity index (χ3n) is 2.62. The summed E-state index contributed by atoms with van der Waals surface area (Å²) >= 11 is 0. The van der Waals surface area contributed by atoms with Crippen LogP contribution in [0, 0.1) is 0 Å². The number of para-hydroxylation sites is 1. The van der Waals surface area contributed by atoms with Crippen molar-refractivity contribution < 1.29 is 26.3 Å². The lowest BCUT2D eigenvalue weighted by molar-refractivity contribution is -0.141. The number of aromatic amines is 1. The number of benzene rings is 1. The molecule has 114 valence electrons. The summed E-state index contributed by atoms with van der Waals surface area (Å²) in [4.78, 5) is 0. The van der Waals surface area contributed by atoms with Gasteiger partial charge in [-0.05, 0) is 18.2 Å². The van der Waals surface area contributed by atoms with E-state index >= 15 is 0 Å². The number of hydrogen-bond acceptors (Lipinski definition) is 2. The number of nitrogens with one attached hydrogen (secondary N) is 2. The molecule has 0 radical (unpaired) electrons. The van der Waals surface area contributed by atoms with Gasteiger partial charge in [0.2, 0.25) is 0 Å². The van der Waals surface area contributed by atoms with Gasteiger partial charge < -0.3 is 5.32 Å². The molecule has 21 heavy (non-hydrogen) atoms. The lowest BCUT2D eigenvalue weighted by Crippen LogP contribution is -2.10. The molecule has 3 nitrogen and oxygen atoms in total. The van der Waals surface area contributed by atoms with Gasteiger partial charge in [-0.3, -0.25) is 5.10 Å². The summed E-state index contributed by atoms with van der Waals surface area (Å²) in [5, 5.41) is 7.63. The third kappa shape index (κ3) is 3.67. The second kappa shape index (κ2) is 5.30. The van der Waals surface area contributed by atoms with Crippen molar-refractivity contribution in [2.45, 2.75) is 18.9 Å². The molecule has 0 aliphatic carbocycles. The zero-order chi connectivity index (χ0) is 15.7. The first-order chi connectivity index (χ1) is 9.68. The molecule has 9 heteroatoms. The zero-order valence-electron chi connectivity index (χ0n) is 10.3. The van der Waals surface area contributed by atoms with Crippen LogP contribution in [0.3, 0.4) is 0 Å². The molecule has 0 aliphatic heterocycles. The monoisotopic (exact) mass is 309 g/mol. The average molecular weight is 309 g/mol. The lowest BCUT2D eigenvalue weighted by atomic mass is 10.1. The summed E-state index contributed by atoms with van der Waals surface area (Å²) in [6.45, 7) is -0.240. The second-order valence-corrected chi connectivity index (χ2v) is 4.17. The van der Waals surface area contributed by atoms with Crippen LogP contribution in [-0.4, -0.2) is 10.2 Å². The topological polar surface area (TPSA) is 40.7 Å². The molecule has 2 N–H and O–H groups in total. The van der Waals surface area contributed by atoms with Crippen LogP contribution in [-0.2, 0) is 18.9 Å². The van der Waals surface area contributed by atoms with Gasteiger partial charge in [-0.1, -0.05) is 12.1 Å². The van der Waals surface area contributed by atoms with Gasteiger partial charge >= 0.3 is 12.4 Å². The first kappa shape index (κ1) is 15.2. The first-order valence-corrected chi connectivity index (χ1v) is 5.69. The molecule has 1 heterocycles. The van der Waals surface area contributed by atoms with Gasteiger partial charge in [-0.15, -0.1) is 0 Å². The van der Waals surface area contributed by atoms with E-state index in [0.29, 0.717) is 0 Å². The highest BCUT2D eigenvalue weighted by Crippen LogP contribution is 2.34. The van der Waals surface area contributed by atoms with E-state index in [1.165, 1.54) is 18.2 Å². The zero-order valence-corrected chi connectivity index (χ0v) is 10.3. The van der Waals surface area contributed by atoms with Crippen LogP contribution >= 0.6 is 0 Å². The third-order valence-corrected chi connectivity index (χ3v) is 2.62. The molecule has 0 atom stereocenters. The molecule has 0 bridgehead atoms. The Morgan fingerprint density at radius 2 is 1.67 bits per heavy atom. The fourth-order valence-corrected chi connectivity index (χ4v) is 1.67. The average Bonchev–Trinajstić information content (AvgIpc) is 2.84. The number of halogens is 6. The van der Waals surface area contributed by atoms with Gasteiger partial charge in [0.25, 0.3) is 0 Å². The fourth-order valence-electron chi connectivity index (χ4n) is 1.67. The van der Waals surface area contributed by atoms with Crippen molar-refractivity contribution in [1.29, 1.82) is 0 Å². The van der Waals surface area contributed by atoms with Crippen molar-refractivity contribution in [3.05, 3.63) is 47.3 Å². The maximum Gasteiger partial charge on any atom is 0.435 e. The molecule has 2 rings (SSSR count). The highest BCUT2D eigenvalue weighted by Gasteiger charge is 2.34. The number of H-pyrrole nitrogens is 1. The summed E-state index contributed by atoms with van der Waals surface area (Å²) < 4.78 is 75.2. The van der Waals surface area contributed by atoms with Crippen LogP contribution in [0.2, 0.25) is 0 Å². The number of hydrogen-bond donors (Lipinski definition) is 2. The molecule has 2 aromatic rings. The first-order valence-electron chi connectivity index (χ1n) is 5.69. The predicted molar refractivity (Wildman–Crippen MR) is 62.4 cm³/mol. The normalized spacial score (nSPS) is 12.5. The molecule has 0 fully saturated rings. The molecular weight excluding hydrogens is 300 g/mol. The molecule has 1 aromatic carbocycles. The van der Waals surface area contributed by atoms with Crippen LogP contribution < -0.4 is 5.32 Å². The van der Waals surface area contributed by atoms with Gasteiger partial charge in [0.05, 0.1) is 17.8 Å². The Kier molecular flexibility index (Phi) is 3.84. The van der Waals surface area contributed by atoms with Gasteiger partial charge in [0.1, 0.15) is 0 Å². The molecule has 0 spiro atoms. The highest BCUT2D eigenvalue weighted by atomic mass is 19.4. The molecule has 0 saturated carbocycles. The van der Waals surface area contributed by atoms with Crippen LogP contribution in [0.15, 0.2) is 30.3 Å². The van der Waals surface area contributed by atoms with Gasteiger partial charge in [-0.25, -0.2) is 0 Å². The smallest absolute Gasteiger partial charge is 0.379 e. The molecule has 1 aromatic heterocycles. The number of anilines is 1. The van der Waals surface area contributed by atoms with E-state index in [1.54, 1.807) is 0 Å². The molecule has 0 saturated heterocycles.